The molecule has 0 heterocycles. The first kappa shape index (κ1) is 14.2. The Hall–Kier alpha value is -2.75. The predicted molar refractivity (Wildman–Crippen MR) is 81.3 cm³/mol. The standard InChI is InChI=1S/C16H10O2.C2H4O2/c17-15-8-16(18)14-7-12-10(6-13(14)15)5-9-3-1-2-4-11(9)12;1-2(3)4/h1-4,6-7H,5,8H2;1H3,(H,3,4). The molecule has 2 aromatic rings. The molecule has 22 heavy (non-hydrogen) atoms. The van der Waals surface area contributed by atoms with Crippen LogP contribution < -0.4 is 0 Å². The monoisotopic (exact) mass is 294 g/mol. The third-order valence-electron chi connectivity index (χ3n) is 3.85. The van der Waals surface area contributed by atoms with Crippen LogP contribution in [0.3, 0.4) is 0 Å². The molecule has 0 aliphatic heterocycles. The van der Waals surface area contributed by atoms with Gasteiger partial charge in [0.05, 0.1) is 6.42 Å². The maximum atomic E-state index is 11.8. The number of aliphatic carboxylic acids is 1. The Bertz CT molecular complexity index is 814. The van der Waals surface area contributed by atoms with Crippen molar-refractivity contribution in [1.82, 2.24) is 0 Å². The van der Waals surface area contributed by atoms with E-state index in [2.05, 4.69) is 12.1 Å². The van der Waals surface area contributed by atoms with Crippen LogP contribution in [-0.4, -0.2) is 22.6 Å². The smallest absolute Gasteiger partial charge is 0.300 e. The van der Waals surface area contributed by atoms with Crippen molar-refractivity contribution in [2.24, 2.45) is 0 Å². The third-order valence-corrected chi connectivity index (χ3v) is 3.85. The van der Waals surface area contributed by atoms with E-state index in [1.165, 1.54) is 11.1 Å². The lowest BCUT2D eigenvalue weighted by Crippen LogP contribution is -1.93. The lowest BCUT2D eigenvalue weighted by molar-refractivity contribution is -0.134. The largest absolute Gasteiger partial charge is 0.481 e. The molecule has 0 bridgehead atoms. The van der Waals surface area contributed by atoms with Gasteiger partial charge in [-0.05, 0) is 40.8 Å². The molecule has 1 N–H and O–H groups in total. The zero-order valence-corrected chi connectivity index (χ0v) is 12.1. The summed E-state index contributed by atoms with van der Waals surface area (Å²) in [6, 6.07) is 12.0. The first-order chi connectivity index (χ1) is 10.5. The number of hydrogen-bond donors (Lipinski definition) is 1. The van der Waals surface area contributed by atoms with E-state index < -0.39 is 5.97 Å². The minimum atomic E-state index is -0.833. The highest BCUT2D eigenvalue weighted by atomic mass is 16.4. The van der Waals surface area contributed by atoms with Gasteiger partial charge in [-0.3, -0.25) is 14.4 Å². The summed E-state index contributed by atoms with van der Waals surface area (Å²) in [7, 11) is 0. The maximum Gasteiger partial charge on any atom is 0.300 e. The molecule has 4 nitrogen and oxygen atoms in total. The second kappa shape index (κ2) is 5.22. The van der Waals surface area contributed by atoms with Crippen LogP contribution in [0.2, 0.25) is 0 Å². The molecule has 2 aliphatic carbocycles. The van der Waals surface area contributed by atoms with E-state index in [4.69, 9.17) is 9.90 Å². The second-order valence-corrected chi connectivity index (χ2v) is 5.43. The summed E-state index contributed by atoms with van der Waals surface area (Å²) >= 11 is 0. The van der Waals surface area contributed by atoms with Crippen LogP contribution >= 0.6 is 0 Å². The van der Waals surface area contributed by atoms with Crippen molar-refractivity contribution in [2.75, 3.05) is 0 Å². The van der Waals surface area contributed by atoms with Gasteiger partial charge in [0, 0.05) is 18.1 Å². The lowest BCUT2D eigenvalue weighted by atomic mass is 9.99. The Morgan fingerprint density at radius 2 is 1.45 bits per heavy atom. The van der Waals surface area contributed by atoms with Crippen LogP contribution in [0, 0.1) is 0 Å². The number of ketones is 2. The van der Waals surface area contributed by atoms with E-state index in [9.17, 15) is 9.59 Å². The van der Waals surface area contributed by atoms with Crippen LogP contribution in [0.25, 0.3) is 11.1 Å². The number of benzene rings is 2. The lowest BCUT2D eigenvalue weighted by Gasteiger charge is -2.03. The van der Waals surface area contributed by atoms with Crippen molar-refractivity contribution in [2.45, 2.75) is 19.8 Å². The molecule has 0 amide bonds. The van der Waals surface area contributed by atoms with Crippen molar-refractivity contribution in [3.05, 3.63) is 58.7 Å². The van der Waals surface area contributed by atoms with Crippen molar-refractivity contribution < 1.29 is 19.5 Å². The molecular weight excluding hydrogens is 280 g/mol. The Balaban J connectivity index is 0.000000325. The van der Waals surface area contributed by atoms with Gasteiger partial charge in [-0.1, -0.05) is 24.3 Å². The average Bonchev–Trinajstić information content (AvgIpc) is 2.95. The zero-order valence-electron chi connectivity index (χ0n) is 12.1. The summed E-state index contributed by atoms with van der Waals surface area (Å²) in [5.41, 5.74) is 5.98. The molecule has 0 saturated carbocycles. The number of carbonyl (C=O) groups excluding carboxylic acids is 2. The molecule has 2 aliphatic rings. The number of carbonyl (C=O) groups is 3. The number of carboxylic acids is 1. The molecule has 4 rings (SSSR count). The number of Topliss-reactive ketones (excluding diaryl/α,β-unsaturated/α-hetero) is 2. The van der Waals surface area contributed by atoms with E-state index in [-0.39, 0.29) is 18.0 Å². The maximum absolute atomic E-state index is 11.8. The number of carboxylic acid groups (broad SMARTS) is 1. The van der Waals surface area contributed by atoms with Gasteiger partial charge in [0.25, 0.3) is 5.97 Å². The van der Waals surface area contributed by atoms with Crippen molar-refractivity contribution in [3.8, 4) is 11.1 Å². The van der Waals surface area contributed by atoms with Gasteiger partial charge in [-0.2, -0.15) is 0 Å². The van der Waals surface area contributed by atoms with Crippen molar-refractivity contribution in [1.29, 1.82) is 0 Å². The number of fused-ring (bicyclic) bond motifs is 4. The molecule has 0 radical (unpaired) electrons. The fourth-order valence-electron chi connectivity index (χ4n) is 2.98. The van der Waals surface area contributed by atoms with Gasteiger partial charge >= 0.3 is 0 Å². The van der Waals surface area contributed by atoms with Crippen LogP contribution in [0.15, 0.2) is 36.4 Å². The van der Waals surface area contributed by atoms with Crippen molar-refractivity contribution in [3.63, 3.8) is 0 Å². The van der Waals surface area contributed by atoms with Crippen molar-refractivity contribution >= 4 is 17.5 Å². The highest BCUT2D eigenvalue weighted by Crippen LogP contribution is 2.39. The molecule has 0 atom stereocenters. The number of hydrogen-bond acceptors (Lipinski definition) is 3. The minimum Gasteiger partial charge on any atom is -0.481 e. The molecular formula is C18H14O4. The van der Waals surface area contributed by atoms with Gasteiger partial charge in [0.2, 0.25) is 0 Å². The van der Waals surface area contributed by atoms with Gasteiger partial charge in [0.15, 0.2) is 11.6 Å². The SMILES string of the molecule is CC(=O)O.O=C1CC(=O)c2cc3c(cc21)Cc1ccccc1-3. The Morgan fingerprint density at radius 3 is 2.14 bits per heavy atom. The number of rotatable bonds is 0. The summed E-state index contributed by atoms with van der Waals surface area (Å²) in [5.74, 6) is -0.907. The predicted octanol–water partition coefficient (Wildman–Crippen LogP) is 3.12. The third kappa shape index (κ3) is 2.33. The van der Waals surface area contributed by atoms with Crippen LogP contribution in [-0.2, 0) is 11.2 Å². The molecule has 0 saturated heterocycles. The van der Waals surface area contributed by atoms with E-state index in [0.717, 1.165) is 24.5 Å². The van der Waals surface area contributed by atoms with E-state index in [0.29, 0.717) is 11.1 Å². The molecule has 0 unspecified atom stereocenters. The Labute approximate surface area is 127 Å². The van der Waals surface area contributed by atoms with Gasteiger partial charge < -0.3 is 5.11 Å². The fourth-order valence-corrected chi connectivity index (χ4v) is 2.98. The molecule has 0 spiro atoms. The van der Waals surface area contributed by atoms with E-state index in [1.54, 1.807) is 0 Å². The normalized spacial score (nSPS) is 13.9. The molecule has 0 fully saturated rings. The highest BCUT2D eigenvalue weighted by molar-refractivity contribution is 6.24. The summed E-state index contributed by atoms with van der Waals surface area (Å²) < 4.78 is 0. The first-order valence-electron chi connectivity index (χ1n) is 6.98. The molecule has 0 aromatic heterocycles. The summed E-state index contributed by atoms with van der Waals surface area (Å²) in [5, 5.41) is 7.42. The van der Waals surface area contributed by atoms with Gasteiger partial charge in [0.1, 0.15) is 0 Å². The second-order valence-electron chi connectivity index (χ2n) is 5.43. The average molecular weight is 294 g/mol. The van der Waals surface area contributed by atoms with E-state index in [1.807, 2.05) is 24.3 Å². The van der Waals surface area contributed by atoms with Crippen LogP contribution in [0.5, 0.6) is 0 Å². The topological polar surface area (TPSA) is 71.4 Å². The van der Waals surface area contributed by atoms with E-state index >= 15 is 0 Å². The first-order valence-corrected chi connectivity index (χ1v) is 6.98. The fraction of sp³-hybridized carbons (Fsp3) is 0.167. The summed E-state index contributed by atoms with van der Waals surface area (Å²) in [6.07, 6.45) is 0.903. The summed E-state index contributed by atoms with van der Waals surface area (Å²) in [4.78, 5) is 32.5. The van der Waals surface area contributed by atoms with Crippen LogP contribution in [0.1, 0.15) is 45.2 Å². The van der Waals surface area contributed by atoms with Gasteiger partial charge in [-0.25, -0.2) is 0 Å². The van der Waals surface area contributed by atoms with Gasteiger partial charge in [-0.15, -0.1) is 0 Å². The molecule has 110 valence electrons. The zero-order chi connectivity index (χ0) is 15.9. The Kier molecular flexibility index (Phi) is 3.37. The minimum absolute atomic E-state index is 0.0336. The van der Waals surface area contributed by atoms with Crippen LogP contribution in [0.4, 0.5) is 0 Å². The molecule has 4 heteroatoms. The summed E-state index contributed by atoms with van der Waals surface area (Å²) in [6.45, 7) is 1.08. The quantitative estimate of drug-likeness (QED) is 0.647. The highest BCUT2D eigenvalue weighted by Gasteiger charge is 2.30. The molecule has 2 aromatic carbocycles. The Morgan fingerprint density at radius 1 is 0.864 bits per heavy atom.